The van der Waals surface area contributed by atoms with E-state index in [0.717, 1.165) is 18.1 Å². The van der Waals surface area contributed by atoms with Crippen molar-refractivity contribution in [2.24, 2.45) is 0 Å². The topological polar surface area (TPSA) is 37.4 Å². The van der Waals surface area contributed by atoms with Crippen LogP contribution in [-0.2, 0) is 0 Å². The lowest BCUT2D eigenvalue weighted by molar-refractivity contribution is 0.398. The van der Waals surface area contributed by atoms with E-state index in [0.29, 0.717) is 5.88 Å². The second kappa shape index (κ2) is 6.20. The molecular weight excluding hydrogens is 202 g/mol. The molecule has 0 aliphatic heterocycles. The van der Waals surface area contributed by atoms with Gasteiger partial charge < -0.3 is 15.0 Å². The van der Waals surface area contributed by atoms with Gasteiger partial charge in [-0.25, -0.2) is 0 Å². The van der Waals surface area contributed by atoms with Crippen molar-refractivity contribution >= 4 is 11.5 Å². The van der Waals surface area contributed by atoms with Gasteiger partial charge in [-0.3, -0.25) is 0 Å². The Hall–Kier alpha value is -1.45. The van der Waals surface area contributed by atoms with Gasteiger partial charge in [0, 0.05) is 26.7 Å². The largest absolute Gasteiger partial charge is 0.481 e. The van der Waals surface area contributed by atoms with Crippen molar-refractivity contribution in [3.8, 4) is 5.88 Å². The van der Waals surface area contributed by atoms with E-state index in [-0.39, 0.29) is 0 Å². The lowest BCUT2D eigenvalue weighted by Gasteiger charge is -2.21. The number of nitrogens with one attached hydrogen (secondary N) is 1. The number of anilines is 2. The van der Waals surface area contributed by atoms with Crippen molar-refractivity contribution in [1.29, 1.82) is 0 Å². The number of pyridine rings is 1. The Morgan fingerprint density at radius 3 is 2.75 bits per heavy atom. The van der Waals surface area contributed by atoms with Crippen LogP contribution in [0.2, 0.25) is 0 Å². The third-order valence-corrected chi connectivity index (χ3v) is 2.54. The summed E-state index contributed by atoms with van der Waals surface area (Å²) in [7, 11) is 5.59. The molecule has 0 amide bonds. The van der Waals surface area contributed by atoms with E-state index in [2.05, 4.69) is 29.2 Å². The van der Waals surface area contributed by atoms with Crippen LogP contribution >= 0.6 is 0 Å². The van der Waals surface area contributed by atoms with Crippen molar-refractivity contribution < 1.29 is 4.74 Å². The molecule has 1 heterocycles. The summed E-state index contributed by atoms with van der Waals surface area (Å²) in [6.45, 7) is 3.19. The van der Waals surface area contributed by atoms with E-state index >= 15 is 0 Å². The fraction of sp³-hybridized carbons (Fsp3) is 0.583. The molecule has 1 aromatic rings. The third-order valence-electron chi connectivity index (χ3n) is 2.54. The van der Waals surface area contributed by atoms with Gasteiger partial charge in [-0.15, -0.1) is 0 Å². The van der Waals surface area contributed by atoms with Gasteiger partial charge in [-0.05, 0) is 12.5 Å². The first-order valence-electron chi connectivity index (χ1n) is 5.66. The zero-order valence-electron chi connectivity index (χ0n) is 10.6. The Morgan fingerprint density at radius 2 is 2.19 bits per heavy atom. The van der Waals surface area contributed by atoms with Crippen LogP contribution in [0.5, 0.6) is 5.88 Å². The van der Waals surface area contributed by atoms with Gasteiger partial charge >= 0.3 is 0 Å². The zero-order valence-corrected chi connectivity index (χ0v) is 10.6. The standard InChI is InChI=1S/C12H21N3O/c1-5-6-9-15(3)12-10(13-2)7-8-11(14-12)16-4/h7-8,13H,5-6,9H2,1-4H3. The molecule has 1 N–H and O–H groups in total. The molecule has 0 bridgehead atoms. The maximum atomic E-state index is 5.14. The number of unbranched alkanes of at least 4 members (excludes halogenated alkanes) is 1. The monoisotopic (exact) mass is 223 g/mol. The minimum Gasteiger partial charge on any atom is -0.481 e. The highest BCUT2D eigenvalue weighted by Gasteiger charge is 2.09. The number of ether oxygens (including phenoxy) is 1. The molecule has 4 nitrogen and oxygen atoms in total. The lowest BCUT2D eigenvalue weighted by Crippen LogP contribution is -2.21. The van der Waals surface area contributed by atoms with E-state index in [1.54, 1.807) is 7.11 Å². The lowest BCUT2D eigenvalue weighted by atomic mass is 10.3. The van der Waals surface area contributed by atoms with E-state index in [4.69, 9.17) is 4.74 Å². The van der Waals surface area contributed by atoms with Crippen molar-refractivity contribution in [3.05, 3.63) is 12.1 Å². The van der Waals surface area contributed by atoms with Gasteiger partial charge in [0.2, 0.25) is 5.88 Å². The van der Waals surface area contributed by atoms with E-state index in [9.17, 15) is 0 Å². The van der Waals surface area contributed by atoms with E-state index in [1.807, 2.05) is 19.2 Å². The first-order chi connectivity index (χ1) is 7.72. The van der Waals surface area contributed by atoms with Gasteiger partial charge in [0.05, 0.1) is 12.8 Å². The van der Waals surface area contributed by atoms with Crippen LogP contribution in [0.25, 0.3) is 0 Å². The highest BCUT2D eigenvalue weighted by atomic mass is 16.5. The maximum Gasteiger partial charge on any atom is 0.215 e. The molecule has 90 valence electrons. The number of methoxy groups -OCH3 is 1. The molecule has 4 heteroatoms. The molecule has 0 radical (unpaired) electrons. The van der Waals surface area contributed by atoms with Crippen LogP contribution in [0.1, 0.15) is 19.8 Å². The summed E-state index contributed by atoms with van der Waals surface area (Å²) in [6.07, 6.45) is 2.35. The normalized spacial score (nSPS) is 10.0. The van der Waals surface area contributed by atoms with Crippen molar-refractivity contribution in [2.45, 2.75) is 19.8 Å². The predicted octanol–water partition coefficient (Wildman–Crippen LogP) is 2.37. The Labute approximate surface area is 97.6 Å². The average Bonchev–Trinajstić information content (AvgIpc) is 2.35. The Kier molecular flexibility index (Phi) is 4.89. The number of nitrogens with zero attached hydrogens (tertiary/aromatic N) is 2. The number of hydrogen-bond acceptors (Lipinski definition) is 4. The van der Waals surface area contributed by atoms with Crippen LogP contribution in [0, 0.1) is 0 Å². The molecule has 0 aliphatic rings. The molecule has 0 aliphatic carbocycles. The quantitative estimate of drug-likeness (QED) is 0.803. The molecule has 0 aromatic carbocycles. The smallest absolute Gasteiger partial charge is 0.215 e. The molecule has 1 rings (SSSR count). The molecule has 0 saturated heterocycles. The van der Waals surface area contributed by atoms with Crippen LogP contribution in [-0.4, -0.2) is 32.7 Å². The fourth-order valence-electron chi connectivity index (χ4n) is 1.53. The number of hydrogen-bond donors (Lipinski definition) is 1. The highest BCUT2D eigenvalue weighted by molar-refractivity contribution is 5.65. The summed E-state index contributed by atoms with van der Waals surface area (Å²) < 4.78 is 5.14. The molecule has 0 spiro atoms. The van der Waals surface area contributed by atoms with Gasteiger partial charge in [0.25, 0.3) is 0 Å². The van der Waals surface area contributed by atoms with Crippen molar-refractivity contribution in [2.75, 3.05) is 38.0 Å². The van der Waals surface area contributed by atoms with Crippen LogP contribution in [0.15, 0.2) is 12.1 Å². The second-order valence-corrected chi connectivity index (χ2v) is 3.75. The third kappa shape index (κ3) is 3.02. The Balaban J connectivity index is 2.89. The van der Waals surface area contributed by atoms with Crippen LogP contribution in [0.4, 0.5) is 11.5 Å². The Bertz CT molecular complexity index is 328. The fourth-order valence-corrected chi connectivity index (χ4v) is 1.53. The van der Waals surface area contributed by atoms with Gasteiger partial charge in [-0.1, -0.05) is 13.3 Å². The van der Waals surface area contributed by atoms with Crippen molar-refractivity contribution in [3.63, 3.8) is 0 Å². The van der Waals surface area contributed by atoms with E-state index in [1.165, 1.54) is 12.8 Å². The molecule has 0 saturated carbocycles. The molecule has 0 fully saturated rings. The van der Waals surface area contributed by atoms with Gasteiger partial charge in [0.1, 0.15) is 0 Å². The number of aromatic nitrogens is 1. The first-order valence-corrected chi connectivity index (χ1v) is 5.66. The van der Waals surface area contributed by atoms with E-state index < -0.39 is 0 Å². The SMILES string of the molecule is CCCCN(C)c1nc(OC)ccc1NC. The minimum absolute atomic E-state index is 0.650. The number of rotatable bonds is 6. The van der Waals surface area contributed by atoms with Crippen molar-refractivity contribution in [1.82, 2.24) is 4.98 Å². The second-order valence-electron chi connectivity index (χ2n) is 3.75. The first kappa shape index (κ1) is 12.6. The molecular formula is C12H21N3O. The summed E-state index contributed by atoms with van der Waals surface area (Å²) in [5.41, 5.74) is 1.03. The predicted molar refractivity (Wildman–Crippen MR) is 68.5 cm³/mol. The summed E-state index contributed by atoms with van der Waals surface area (Å²) in [6, 6.07) is 3.85. The van der Waals surface area contributed by atoms with Gasteiger partial charge in [-0.2, -0.15) is 4.98 Å². The van der Waals surface area contributed by atoms with Gasteiger partial charge in [0.15, 0.2) is 5.82 Å². The molecule has 1 aromatic heterocycles. The summed E-state index contributed by atoms with van der Waals surface area (Å²) in [4.78, 5) is 6.61. The minimum atomic E-state index is 0.650. The summed E-state index contributed by atoms with van der Waals surface area (Å²) >= 11 is 0. The highest BCUT2D eigenvalue weighted by Crippen LogP contribution is 2.25. The molecule has 0 atom stereocenters. The summed E-state index contributed by atoms with van der Waals surface area (Å²) in [5, 5.41) is 3.14. The zero-order chi connectivity index (χ0) is 12.0. The summed E-state index contributed by atoms with van der Waals surface area (Å²) in [5.74, 6) is 1.59. The average molecular weight is 223 g/mol. The maximum absolute atomic E-state index is 5.14. The molecule has 16 heavy (non-hydrogen) atoms. The Morgan fingerprint density at radius 1 is 1.44 bits per heavy atom. The van der Waals surface area contributed by atoms with Crippen LogP contribution in [0.3, 0.4) is 0 Å². The van der Waals surface area contributed by atoms with Crippen LogP contribution < -0.4 is 15.0 Å². The molecule has 0 unspecified atom stereocenters.